The molecule has 1 nitrogen and oxygen atoms in total. The fraction of sp³-hybridized carbons (Fsp3) is 0.111. The molecule has 0 unspecified atom stereocenters. The van der Waals surface area contributed by atoms with E-state index in [1.165, 1.54) is 6.07 Å². The normalized spacial score (nSPS) is 10.8. The lowest BCUT2D eigenvalue weighted by molar-refractivity contribution is 0.605. The monoisotopic (exact) mass is 228 g/mol. The van der Waals surface area contributed by atoms with E-state index in [2.05, 4.69) is 15.9 Å². The van der Waals surface area contributed by atoms with E-state index in [1.807, 2.05) is 0 Å². The Kier molecular flexibility index (Phi) is 1.89. The highest BCUT2D eigenvalue weighted by atomic mass is 79.9. The molecule has 0 saturated heterocycles. The van der Waals surface area contributed by atoms with Gasteiger partial charge in [0.25, 0.3) is 0 Å². The minimum atomic E-state index is -0.194. The number of fused-ring (bicyclic) bond motifs is 1. The predicted octanol–water partition coefficient (Wildman–Crippen LogP) is 3.47. The Morgan fingerprint density at radius 1 is 1.42 bits per heavy atom. The Morgan fingerprint density at radius 2 is 2.25 bits per heavy atom. The lowest BCUT2D eigenvalue weighted by atomic mass is 10.2. The van der Waals surface area contributed by atoms with Crippen LogP contribution in [0.25, 0.3) is 11.0 Å². The van der Waals surface area contributed by atoms with Gasteiger partial charge in [0.15, 0.2) is 0 Å². The van der Waals surface area contributed by atoms with E-state index < -0.39 is 0 Å². The van der Waals surface area contributed by atoms with Crippen molar-refractivity contribution in [1.82, 2.24) is 0 Å². The van der Waals surface area contributed by atoms with Gasteiger partial charge in [0.2, 0.25) is 0 Å². The lowest BCUT2D eigenvalue weighted by Crippen LogP contribution is -1.83. The summed E-state index contributed by atoms with van der Waals surface area (Å²) in [5.74, 6) is -0.194. The van der Waals surface area contributed by atoms with Crippen molar-refractivity contribution >= 4 is 26.9 Å². The number of hydrogen-bond donors (Lipinski definition) is 0. The highest BCUT2D eigenvalue weighted by Crippen LogP contribution is 2.21. The standard InChI is InChI=1S/C9H6BrFO/c10-5-7-4-9-6(1-2-12-9)3-8(7)11/h1-4H,5H2. The van der Waals surface area contributed by atoms with Crippen LogP contribution in [-0.2, 0) is 5.33 Å². The Balaban J connectivity index is 2.73. The maximum absolute atomic E-state index is 13.1. The molecule has 2 aromatic rings. The highest BCUT2D eigenvalue weighted by molar-refractivity contribution is 9.08. The van der Waals surface area contributed by atoms with Crippen LogP contribution in [0.15, 0.2) is 28.9 Å². The van der Waals surface area contributed by atoms with Crippen molar-refractivity contribution < 1.29 is 8.81 Å². The second-order valence-corrected chi connectivity index (χ2v) is 3.10. The summed E-state index contributed by atoms with van der Waals surface area (Å²) >= 11 is 3.20. The molecule has 2 rings (SSSR count). The maximum atomic E-state index is 13.1. The van der Waals surface area contributed by atoms with Gasteiger partial charge >= 0.3 is 0 Å². The van der Waals surface area contributed by atoms with Crippen LogP contribution in [0.5, 0.6) is 0 Å². The molecule has 62 valence electrons. The maximum Gasteiger partial charge on any atom is 0.134 e. The predicted molar refractivity (Wildman–Crippen MR) is 48.8 cm³/mol. The number of benzene rings is 1. The third-order valence-electron chi connectivity index (χ3n) is 1.77. The lowest BCUT2D eigenvalue weighted by Gasteiger charge is -1.96. The van der Waals surface area contributed by atoms with Crippen LogP contribution in [0.1, 0.15) is 5.56 Å². The molecule has 0 radical (unpaired) electrons. The molecule has 1 aromatic carbocycles. The van der Waals surface area contributed by atoms with E-state index in [9.17, 15) is 4.39 Å². The topological polar surface area (TPSA) is 13.1 Å². The first-order valence-corrected chi connectivity index (χ1v) is 4.65. The van der Waals surface area contributed by atoms with Crippen molar-refractivity contribution in [2.75, 3.05) is 0 Å². The summed E-state index contributed by atoms with van der Waals surface area (Å²) < 4.78 is 18.3. The molecule has 0 fully saturated rings. The van der Waals surface area contributed by atoms with Crippen LogP contribution < -0.4 is 0 Å². The molecule has 1 aromatic heterocycles. The molecular weight excluding hydrogens is 223 g/mol. The summed E-state index contributed by atoms with van der Waals surface area (Å²) in [5.41, 5.74) is 1.35. The van der Waals surface area contributed by atoms with Crippen LogP contribution in [0.3, 0.4) is 0 Å². The number of rotatable bonds is 1. The van der Waals surface area contributed by atoms with Crippen molar-refractivity contribution in [2.24, 2.45) is 0 Å². The average molecular weight is 229 g/mol. The molecule has 3 heteroatoms. The smallest absolute Gasteiger partial charge is 0.134 e. The Morgan fingerprint density at radius 3 is 3.00 bits per heavy atom. The molecule has 0 aliphatic rings. The Bertz CT molecular complexity index is 408. The van der Waals surface area contributed by atoms with Crippen molar-refractivity contribution in [3.8, 4) is 0 Å². The van der Waals surface area contributed by atoms with E-state index in [0.717, 1.165) is 11.0 Å². The number of furan rings is 1. The van der Waals surface area contributed by atoms with Crippen molar-refractivity contribution in [1.29, 1.82) is 0 Å². The zero-order chi connectivity index (χ0) is 8.55. The second kappa shape index (κ2) is 2.90. The van der Waals surface area contributed by atoms with Crippen LogP contribution in [0, 0.1) is 5.82 Å². The van der Waals surface area contributed by atoms with Gasteiger partial charge < -0.3 is 4.42 Å². The van der Waals surface area contributed by atoms with Crippen molar-refractivity contribution in [3.05, 3.63) is 35.8 Å². The summed E-state index contributed by atoms with van der Waals surface area (Å²) in [6, 6.07) is 4.94. The van der Waals surface area contributed by atoms with Crippen molar-refractivity contribution in [3.63, 3.8) is 0 Å². The summed E-state index contributed by atoms with van der Waals surface area (Å²) in [7, 11) is 0. The number of alkyl halides is 1. The van der Waals surface area contributed by atoms with Gasteiger partial charge in [0, 0.05) is 16.3 Å². The molecule has 12 heavy (non-hydrogen) atoms. The Labute approximate surface area is 77.3 Å². The zero-order valence-electron chi connectivity index (χ0n) is 6.18. The zero-order valence-corrected chi connectivity index (χ0v) is 7.77. The molecule has 0 spiro atoms. The molecule has 0 bridgehead atoms. The minimum absolute atomic E-state index is 0.194. The highest BCUT2D eigenvalue weighted by Gasteiger charge is 2.04. The molecule has 1 heterocycles. The minimum Gasteiger partial charge on any atom is -0.464 e. The van der Waals surface area contributed by atoms with E-state index >= 15 is 0 Å². The first-order chi connectivity index (χ1) is 5.81. The Hall–Kier alpha value is -0.830. The quantitative estimate of drug-likeness (QED) is 0.682. The fourth-order valence-electron chi connectivity index (χ4n) is 1.13. The van der Waals surface area contributed by atoms with E-state index in [0.29, 0.717) is 10.9 Å². The van der Waals surface area contributed by atoms with Gasteiger partial charge in [-0.15, -0.1) is 0 Å². The molecule has 0 aliphatic carbocycles. The van der Waals surface area contributed by atoms with Crippen LogP contribution in [0.2, 0.25) is 0 Å². The van der Waals surface area contributed by atoms with Gasteiger partial charge in [-0.25, -0.2) is 4.39 Å². The molecule has 0 aliphatic heterocycles. The largest absolute Gasteiger partial charge is 0.464 e. The third kappa shape index (κ3) is 1.14. The van der Waals surface area contributed by atoms with Gasteiger partial charge in [0.05, 0.1) is 6.26 Å². The van der Waals surface area contributed by atoms with Gasteiger partial charge in [-0.1, -0.05) is 15.9 Å². The van der Waals surface area contributed by atoms with Gasteiger partial charge in [-0.05, 0) is 18.2 Å². The molecular formula is C9H6BrFO. The average Bonchev–Trinajstić information content (AvgIpc) is 2.49. The van der Waals surface area contributed by atoms with Gasteiger partial charge in [0.1, 0.15) is 11.4 Å². The third-order valence-corrected chi connectivity index (χ3v) is 2.37. The van der Waals surface area contributed by atoms with Crippen LogP contribution in [0.4, 0.5) is 4.39 Å². The van der Waals surface area contributed by atoms with E-state index in [-0.39, 0.29) is 5.82 Å². The van der Waals surface area contributed by atoms with Gasteiger partial charge in [-0.3, -0.25) is 0 Å². The van der Waals surface area contributed by atoms with Crippen molar-refractivity contribution in [2.45, 2.75) is 5.33 Å². The number of hydrogen-bond acceptors (Lipinski definition) is 1. The summed E-state index contributed by atoms with van der Waals surface area (Å²) in [5, 5.41) is 1.31. The molecule has 0 atom stereocenters. The van der Waals surface area contributed by atoms with E-state index in [1.54, 1.807) is 18.4 Å². The second-order valence-electron chi connectivity index (χ2n) is 2.54. The summed E-state index contributed by atoms with van der Waals surface area (Å²) in [6.07, 6.45) is 1.56. The molecule has 0 N–H and O–H groups in total. The van der Waals surface area contributed by atoms with Crippen LogP contribution in [-0.4, -0.2) is 0 Å². The summed E-state index contributed by atoms with van der Waals surface area (Å²) in [6.45, 7) is 0. The molecule has 0 amide bonds. The molecule has 0 saturated carbocycles. The van der Waals surface area contributed by atoms with Gasteiger partial charge in [-0.2, -0.15) is 0 Å². The first kappa shape index (κ1) is 7.80. The van der Waals surface area contributed by atoms with Crippen LogP contribution >= 0.6 is 15.9 Å². The first-order valence-electron chi connectivity index (χ1n) is 3.53. The SMILES string of the molecule is Fc1cc2ccoc2cc1CBr. The number of halogens is 2. The summed E-state index contributed by atoms with van der Waals surface area (Å²) in [4.78, 5) is 0. The fourth-order valence-corrected chi connectivity index (χ4v) is 1.56. The van der Waals surface area contributed by atoms with E-state index in [4.69, 9.17) is 4.42 Å².